The Kier molecular flexibility index (Phi) is 6.90. The molecule has 2 aromatic rings. The van der Waals surface area contributed by atoms with E-state index in [9.17, 15) is 14.4 Å². The van der Waals surface area contributed by atoms with Gasteiger partial charge in [-0.15, -0.1) is 0 Å². The van der Waals surface area contributed by atoms with E-state index >= 15 is 0 Å². The van der Waals surface area contributed by atoms with E-state index in [-0.39, 0.29) is 29.8 Å². The zero-order chi connectivity index (χ0) is 18.9. The van der Waals surface area contributed by atoms with Crippen molar-refractivity contribution in [3.05, 3.63) is 54.4 Å². The number of rotatable bonds is 8. The zero-order valence-corrected chi connectivity index (χ0v) is 14.7. The molecule has 0 radical (unpaired) electrons. The topological polar surface area (TPSA) is 114 Å². The van der Waals surface area contributed by atoms with E-state index in [0.717, 1.165) is 0 Å². The maximum Gasteiger partial charge on any atom is 0.272 e. The number of ketones is 1. The van der Waals surface area contributed by atoms with E-state index in [1.165, 1.54) is 31.0 Å². The Morgan fingerprint density at radius 2 is 1.73 bits per heavy atom. The summed E-state index contributed by atoms with van der Waals surface area (Å²) in [6.07, 6.45) is 7.65. The van der Waals surface area contributed by atoms with E-state index in [4.69, 9.17) is 0 Å². The Bertz CT molecular complexity index is 750. The lowest BCUT2D eigenvalue weighted by molar-refractivity contribution is -0.120. The predicted octanol–water partition coefficient (Wildman–Crippen LogP) is 1.02. The number of carbonyl (C=O) groups is 3. The number of pyridine rings is 1. The predicted molar refractivity (Wildman–Crippen MR) is 94.3 cm³/mol. The first-order valence-electron chi connectivity index (χ1n) is 8.25. The second-order valence-electron chi connectivity index (χ2n) is 6.13. The molecular weight excluding hydrogens is 334 g/mol. The Morgan fingerprint density at radius 3 is 2.35 bits per heavy atom. The first kappa shape index (κ1) is 19.2. The molecule has 0 aromatic carbocycles. The molecule has 2 rings (SSSR count). The van der Waals surface area contributed by atoms with Gasteiger partial charge in [-0.1, -0.05) is 13.8 Å². The van der Waals surface area contributed by atoms with Crippen LogP contribution in [0.15, 0.2) is 43.1 Å². The van der Waals surface area contributed by atoms with Crippen molar-refractivity contribution in [3.8, 4) is 0 Å². The van der Waals surface area contributed by atoms with E-state index in [1.54, 1.807) is 12.1 Å². The summed E-state index contributed by atoms with van der Waals surface area (Å²) in [5.41, 5.74) is 0.548. The SMILES string of the molecule is CC(C)C[C@H](NC(=O)c1cnccn1)C(=O)CNC(=O)c1ccncc1. The highest BCUT2D eigenvalue weighted by molar-refractivity contribution is 5.99. The van der Waals surface area contributed by atoms with E-state index < -0.39 is 11.9 Å². The van der Waals surface area contributed by atoms with Crippen molar-refractivity contribution in [1.82, 2.24) is 25.6 Å². The third-order valence-electron chi connectivity index (χ3n) is 3.56. The van der Waals surface area contributed by atoms with E-state index in [1.807, 2.05) is 13.8 Å². The second-order valence-corrected chi connectivity index (χ2v) is 6.13. The van der Waals surface area contributed by atoms with Crippen LogP contribution in [0.25, 0.3) is 0 Å². The fourth-order valence-electron chi connectivity index (χ4n) is 2.29. The average Bonchev–Trinajstić information content (AvgIpc) is 2.66. The Hall–Kier alpha value is -3.16. The molecule has 0 bridgehead atoms. The van der Waals surface area contributed by atoms with Crippen LogP contribution in [0, 0.1) is 5.92 Å². The summed E-state index contributed by atoms with van der Waals surface area (Å²) in [4.78, 5) is 48.4. The average molecular weight is 355 g/mol. The van der Waals surface area contributed by atoms with Crippen LogP contribution in [0.1, 0.15) is 41.1 Å². The zero-order valence-electron chi connectivity index (χ0n) is 14.7. The van der Waals surface area contributed by atoms with Gasteiger partial charge in [0.1, 0.15) is 5.69 Å². The van der Waals surface area contributed by atoms with Crippen molar-refractivity contribution in [3.63, 3.8) is 0 Å². The number of nitrogens with one attached hydrogen (secondary N) is 2. The maximum absolute atomic E-state index is 12.5. The van der Waals surface area contributed by atoms with Gasteiger partial charge in [0.15, 0.2) is 5.78 Å². The molecule has 0 aliphatic heterocycles. The van der Waals surface area contributed by atoms with Gasteiger partial charge in [-0.05, 0) is 24.5 Å². The Labute approximate surface area is 151 Å². The second kappa shape index (κ2) is 9.36. The van der Waals surface area contributed by atoms with Crippen LogP contribution in [0.2, 0.25) is 0 Å². The standard InChI is InChI=1S/C18H21N5O3/c1-12(2)9-14(23-18(26)15-10-20-7-8-21-15)16(24)11-22-17(25)13-3-5-19-6-4-13/h3-8,10,12,14H,9,11H2,1-2H3,(H,22,25)(H,23,26)/t14-/m0/s1. The summed E-state index contributed by atoms with van der Waals surface area (Å²) in [6.45, 7) is 3.72. The monoisotopic (exact) mass is 355 g/mol. The van der Waals surface area contributed by atoms with Crippen molar-refractivity contribution in [1.29, 1.82) is 0 Å². The van der Waals surface area contributed by atoms with Gasteiger partial charge in [0, 0.05) is 30.4 Å². The molecule has 2 heterocycles. The highest BCUT2D eigenvalue weighted by Crippen LogP contribution is 2.07. The van der Waals surface area contributed by atoms with Gasteiger partial charge in [-0.3, -0.25) is 24.4 Å². The lowest BCUT2D eigenvalue weighted by Gasteiger charge is -2.19. The fourth-order valence-corrected chi connectivity index (χ4v) is 2.29. The first-order chi connectivity index (χ1) is 12.5. The molecule has 8 heteroatoms. The number of amides is 2. The lowest BCUT2D eigenvalue weighted by Crippen LogP contribution is -2.46. The molecule has 0 aliphatic rings. The Balaban J connectivity index is 1.98. The minimum Gasteiger partial charge on any atom is -0.345 e. The van der Waals surface area contributed by atoms with Crippen molar-refractivity contribution in [2.75, 3.05) is 6.54 Å². The van der Waals surface area contributed by atoms with Crippen LogP contribution in [0.3, 0.4) is 0 Å². The molecule has 0 spiro atoms. The third kappa shape index (κ3) is 5.73. The third-order valence-corrected chi connectivity index (χ3v) is 3.56. The summed E-state index contributed by atoms with van der Waals surface area (Å²) >= 11 is 0. The minimum atomic E-state index is -0.720. The molecule has 2 amide bonds. The quantitative estimate of drug-likeness (QED) is 0.731. The summed E-state index contributed by atoms with van der Waals surface area (Å²) < 4.78 is 0. The molecule has 2 aromatic heterocycles. The van der Waals surface area contributed by atoms with Gasteiger partial charge in [-0.2, -0.15) is 0 Å². The highest BCUT2D eigenvalue weighted by atomic mass is 16.2. The number of Topliss-reactive ketones (excluding diaryl/α,β-unsaturated/α-hetero) is 1. The number of aromatic nitrogens is 3. The number of hydrogen-bond donors (Lipinski definition) is 2. The van der Waals surface area contributed by atoms with Gasteiger partial charge >= 0.3 is 0 Å². The van der Waals surface area contributed by atoms with Gasteiger partial charge in [0.25, 0.3) is 11.8 Å². The molecule has 8 nitrogen and oxygen atoms in total. The minimum absolute atomic E-state index is 0.134. The molecule has 0 fully saturated rings. The molecule has 2 N–H and O–H groups in total. The highest BCUT2D eigenvalue weighted by Gasteiger charge is 2.23. The first-order valence-corrected chi connectivity index (χ1v) is 8.25. The molecule has 26 heavy (non-hydrogen) atoms. The van der Waals surface area contributed by atoms with Gasteiger partial charge in [-0.25, -0.2) is 4.98 Å². The summed E-state index contributed by atoms with van der Waals surface area (Å²) in [5.74, 6) is -0.942. The van der Waals surface area contributed by atoms with Crippen molar-refractivity contribution >= 4 is 17.6 Å². The van der Waals surface area contributed by atoms with Crippen LogP contribution < -0.4 is 10.6 Å². The summed E-state index contributed by atoms with van der Waals surface area (Å²) in [7, 11) is 0. The molecule has 1 atom stereocenters. The van der Waals surface area contributed by atoms with E-state index in [0.29, 0.717) is 12.0 Å². The number of carbonyl (C=O) groups excluding carboxylic acids is 3. The molecule has 0 aliphatic carbocycles. The summed E-state index contributed by atoms with van der Waals surface area (Å²) in [5, 5.41) is 5.25. The van der Waals surface area contributed by atoms with Crippen molar-refractivity contribution in [2.45, 2.75) is 26.3 Å². The van der Waals surface area contributed by atoms with Crippen molar-refractivity contribution in [2.24, 2.45) is 5.92 Å². The fraction of sp³-hybridized carbons (Fsp3) is 0.333. The Morgan fingerprint density at radius 1 is 1.00 bits per heavy atom. The molecule has 0 saturated carbocycles. The van der Waals surface area contributed by atoms with Crippen LogP contribution in [0.5, 0.6) is 0 Å². The van der Waals surface area contributed by atoms with Gasteiger partial charge in [0.2, 0.25) is 0 Å². The molecule has 0 saturated heterocycles. The van der Waals surface area contributed by atoms with Crippen LogP contribution >= 0.6 is 0 Å². The number of nitrogens with zero attached hydrogens (tertiary/aromatic N) is 3. The van der Waals surface area contributed by atoms with Gasteiger partial charge < -0.3 is 10.6 Å². The van der Waals surface area contributed by atoms with E-state index in [2.05, 4.69) is 25.6 Å². The number of hydrogen-bond acceptors (Lipinski definition) is 6. The molecule has 0 unspecified atom stereocenters. The largest absolute Gasteiger partial charge is 0.345 e. The smallest absolute Gasteiger partial charge is 0.272 e. The molecule has 136 valence electrons. The molecular formula is C18H21N5O3. The van der Waals surface area contributed by atoms with Gasteiger partial charge in [0.05, 0.1) is 18.8 Å². The van der Waals surface area contributed by atoms with Crippen molar-refractivity contribution < 1.29 is 14.4 Å². The van der Waals surface area contributed by atoms with Crippen LogP contribution in [0.4, 0.5) is 0 Å². The normalized spacial score (nSPS) is 11.7. The summed E-state index contributed by atoms with van der Waals surface area (Å²) in [6, 6.07) is 2.39. The van der Waals surface area contributed by atoms with Crippen LogP contribution in [-0.2, 0) is 4.79 Å². The maximum atomic E-state index is 12.5. The lowest BCUT2D eigenvalue weighted by atomic mass is 10.00. The van der Waals surface area contributed by atoms with Crippen LogP contribution in [-0.4, -0.2) is 45.1 Å².